The normalized spacial score (nSPS) is 16.5. The van der Waals surface area contributed by atoms with Crippen molar-refractivity contribution < 1.29 is 19.8 Å². The molecule has 12 heteroatoms. The molecular weight excluding hydrogens is 608 g/mol. The van der Waals surface area contributed by atoms with Gasteiger partial charge in [-0.05, 0) is 67.6 Å². The van der Waals surface area contributed by atoms with E-state index in [0.29, 0.717) is 41.5 Å². The Morgan fingerprint density at radius 2 is 1.56 bits per heavy atom. The highest BCUT2D eigenvalue weighted by Gasteiger charge is 2.26. The van der Waals surface area contributed by atoms with E-state index in [2.05, 4.69) is 56.2 Å². The van der Waals surface area contributed by atoms with Gasteiger partial charge in [0.2, 0.25) is 11.7 Å². The van der Waals surface area contributed by atoms with Crippen LogP contribution in [0.15, 0.2) is 36.4 Å². The summed E-state index contributed by atoms with van der Waals surface area (Å²) in [5.41, 5.74) is 2.94. The Bertz CT molecular complexity index is 1520. The van der Waals surface area contributed by atoms with E-state index in [9.17, 15) is 19.8 Å². The summed E-state index contributed by atoms with van der Waals surface area (Å²) in [5.74, 6) is 0.836. The number of piperazine rings is 1. The van der Waals surface area contributed by atoms with Crippen LogP contribution < -0.4 is 5.32 Å². The maximum Gasteiger partial charge on any atom is 0.289 e. The molecule has 0 saturated carbocycles. The molecule has 0 bridgehead atoms. The van der Waals surface area contributed by atoms with Gasteiger partial charge in [0.1, 0.15) is 11.5 Å². The molecule has 0 radical (unpaired) electrons. The van der Waals surface area contributed by atoms with Crippen LogP contribution in [0.5, 0.6) is 11.5 Å². The summed E-state index contributed by atoms with van der Waals surface area (Å²) in [6, 6.07) is 11.1. The third-order valence-corrected chi connectivity index (χ3v) is 9.93. The van der Waals surface area contributed by atoms with Gasteiger partial charge in [-0.15, -0.1) is 10.2 Å². The number of nitrogens with zero attached hydrogens (tertiary/aromatic N) is 7. The molecule has 3 N–H and O–H groups in total. The maximum absolute atomic E-state index is 13.4. The lowest BCUT2D eigenvalue weighted by atomic mass is 9.96. The molecule has 12 nitrogen and oxygen atoms in total. The van der Waals surface area contributed by atoms with Crippen molar-refractivity contribution in [3.8, 4) is 28.6 Å². The summed E-state index contributed by atoms with van der Waals surface area (Å²) in [7, 11) is 0. The van der Waals surface area contributed by atoms with Crippen molar-refractivity contribution in [3.05, 3.63) is 53.3 Å². The number of hydrogen-bond donors (Lipinski definition) is 3. The van der Waals surface area contributed by atoms with Crippen LogP contribution in [0, 0.1) is 5.92 Å². The van der Waals surface area contributed by atoms with Crippen molar-refractivity contribution in [3.63, 3.8) is 0 Å². The fourth-order valence-electron chi connectivity index (χ4n) is 6.82. The molecule has 1 aromatic heterocycles. The number of piperidine rings is 1. The number of rotatable bonds is 13. The van der Waals surface area contributed by atoms with Gasteiger partial charge in [0, 0.05) is 84.1 Å². The second kappa shape index (κ2) is 16.4. The van der Waals surface area contributed by atoms with Gasteiger partial charge in [0.15, 0.2) is 5.82 Å². The zero-order chi connectivity index (χ0) is 34.2. The predicted octanol–water partition coefficient (Wildman–Crippen LogP) is 3.36. The van der Waals surface area contributed by atoms with Gasteiger partial charge in [-0.2, -0.15) is 0 Å². The summed E-state index contributed by atoms with van der Waals surface area (Å²) < 4.78 is 1.68. The average Bonchev–Trinajstić information content (AvgIpc) is 3.53. The number of phenols is 2. The Balaban J connectivity index is 1.27. The number of likely N-dealkylation sites (N-methyl/N-ethyl adjacent to an activating group) is 1. The van der Waals surface area contributed by atoms with Crippen LogP contribution in [0.4, 0.5) is 0 Å². The summed E-state index contributed by atoms with van der Waals surface area (Å²) in [6.45, 7) is 18.6. The highest BCUT2D eigenvalue weighted by atomic mass is 16.3. The molecule has 2 fully saturated rings. The molecule has 3 heterocycles. The molecule has 2 amide bonds. The van der Waals surface area contributed by atoms with Crippen molar-refractivity contribution >= 4 is 11.8 Å². The van der Waals surface area contributed by atoms with E-state index in [1.54, 1.807) is 17.6 Å². The molecule has 48 heavy (non-hydrogen) atoms. The first-order chi connectivity index (χ1) is 23.2. The predicted molar refractivity (Wildman–Crippen MR) is 186 cm³/mol. The molecule has 2 saturated heterocycles. The SMILES string of the molecule is CCc1cc(-c2nnc(C(=O)NCCN(CC)CC)n2-c2ccc(CN3CCN(CC4CCN(C(C)=O)CC4)CC3)cc2)c(O)cc1O. The van der Waals surface area contributed by atoms with E-state index < -0.39 is 0 Å². The number of likely N-dealkylation sites (tertiary alicyclic amines) is 1. The van der Waals surface area contributed by atoms with Crippen molar-refractivity contribution in [1.29, 1.82) is 0 Å². The molecule has 2 aromatic carbocycles. The quantitative estimate of drug-likeness (QED) is 0.253. The van der Waals surface area contributed by atoms with Crippen molar-refractivity contribution in [2.75, 3.05) is 72.0 Å². The lowest BCUT2D eigenvalue weighted by Gasteiger charge is -2.38. The van der Waals surface area contributed by atoms with Gasteiger partial charge in [0.25, 0.3) is 5.91 Å². The van der Waals surface area contributed by atoms with Crippen LogP contribution in [-0.2, 0) is 17.8 Å². The fourth-order valence-corrected chi connectivity index (χ4v) is 6.82. The largest absolute Gasteiger partial charge is 0.508 e. The third-order valence-electron chi connectivity index (χ3n) is 9.93. The van der Waals surface area contributed by atoms with Gasteiger partial charge in [-0.1, -0.05) is 32.9 Å². The van der Waals surface area contributed by atoms with Gasteiger partial charge >= 0.3 is 0 Å². The number of nitrogens with one attached hydrogen (secondary N) is 1. The van der Waals surface area contributed by atoms with E-state index in [1.165, 1.54) is 11.6 Å². The zero-order valence-electron chi connectivity index (χ0n) is 29.0. The summed E-state index contributed by atoms with van der Waals surface area (Å²) >= 11 is 0. The fraction of sp³-hybridized carbons (Fsp3) is 0.556. The number of aromatic nitrogens is 3. The molecule has 0 spiro atoms. The molecule has 0 unspecified atom stereocenters. The first kappa shape index (κ1) is 35.3. The maximum atomic E-state index is 13.4. The zero-order valence-corrected chi connectivity index (χ0v) is 29.0. The third kappa shape index (κ3) is 8.53. The molecular formula is C36H52N8O4. The first-order valence-electron chi connectivity index (χ1n) is 17.5. The lowest BCUT2D eigenvalue weighted by molar-refractivity contribution is -0.130. The van der Waals surface area contributed by atoms with Crippen LogP contribution in [0.1, 0.15) is 62.3 Å². The number of carbonyl (C=O) groups is 2. The molecule has 5 rings (SSSR count). The van der Waals surface area contributed by atoms with Gasteiger partial charge in [-0.25, -0.2) is 0 Å². The molecule has 260 valence electrons. The number of aromatic hydroxyl groups is 2. The molecule has 3 aromatic rings. The van der Waals surface area contributed by atoms with E-state index in [4.69, 9.17) is 0 Å². The van der Waals surface area contributed by atoms with E-state index in [1.807, 2.05) is 24.0 Å². The highest BCUT2D eigenvalue weighted by molar-refractivity contribution is 5.92. The Hall–Kier alpha value is -4.00. The number of carbonyl (C=O) groups excluding carboxylic acids is 2. The average molecular weight is 661 g/mol. The minimum Gasteiger partial charge on any atom is -0.508 e. The molecule has 0 atom stereocenters. The minimum atomic E-state index is -0.346. The van der Waals surface area contributed by atoms with Gasteiger partial charge in [0.05, 0.1) is 5.56 Å². The number of aryl methyl sites for hydroxylation is 1. The second-order valence-corrected chi connectivity index (χ2v) is 13.0. The molecule has 2 aliphatic heterocycles. The van der Waals surface area contributed by atoms with E-state index >= 15 is 0 Å². The number of amides is 2. The number of phenolic OH excluding ortho intramolecular Hbond substituents is 2. The molecule has 2 aliphatic rings. The van der Waals surface area contributed by atoms with Crippen molar-refractivity contribution in [2.24, 2.45) is 5.92 Å². The Morgan fingerprint density at radius 1 is 0.896 bits per heavy atom. The minimum absolute atomic E-state index is 0.0133. The van der Waals surface area contributed by atoms with Crippen LogP contribution >= 0.6 is 0 Å². The molecule has 0 aliphatic carbocycles. The Morgan fingerprint density at radius 3 is 2.19 bits per heavy atom. The Kier molecular flexibility index (Phi) is 12.1. The lowest BCUT2D eigenvalue weighted by Crippen LogP contribution is -2.48. The van der Waals surface area contributed by atoms with Crippen molar-refractivity contribution in [1.82, 2.24) is 39.7 Å². The monoisotopic (exact) mass is 660 g/mol. The summed E-state index contributed by atoms with van der Waals surface area (Å²) in [6.07, 6.45) is 2.74. The second-order valence-electron chi connectivity index (χ2n) is 13.0. The smallest absolute Gasteiger partial charge is 0.289 e. The van der Waals surface area contributed by atoms with Gasteiger partial charge < -0.3 is 30.2 Å². The van der Waals surface area contributed by atoms with Crippen LogP contribution in [0.25, 0.3) is 17.1 Å². The van der Waals surface area contributed by atoms with Crippen LogP contribution in [0.3, 0.4) is 0 Å². The number of hydrogen-bond acceptors (Lipinski definition) is 9. The standard InChI is InChI=1S/C36H52N8O4/c1-5-29-22-31(33(47)23-32(29)46)34-38-39-35(36(48)37-14-17-40(6-2)7-3)44(34)30-10-8-27(9-11-30)24-41-18-20-42(21-19-41)25-28-12-15-43(16-13-28)26(4)45/h8-11,22-23,28,46-47H,5-7,12-21,24-25H2,1-4H3,(H,37,48). The summed E-state index contributed by atoms with van der Waals surface area (Å²) in [5, 5.41) is 32.8. The number of benzene rings is 2. The summed E-state index contributed by atoms with van der Waals surface area (Å²) in [4.78, 5) is 34.3. The Labute approximate surface area is 284 Å². The highest BCUT2D eigenvalue weighted by Crippen LogP contribution is 2.36. The first-order valence-corrected chi connectivity index (χ1v) is 17.5. The van der Waals surface area contributed by atoms with E-state index in [0.717, 1.165) is 84.8 Å². The van der Waals surface area contributed by atoms with Gasteiger partial charge in [-0.3, -0.25) is 19.1 Å². The van der Waals surface area contributed by atoms with Crippen molar-refractivity contribution in [2.45, 2.75) is 53.5 Å². The van der Waals surface area contributed by atoms with Crippen LogP contribution in [-0.4, -0.2) is 128 Å². The van der Waals surface area contributed by atoms with E-state index in [-0.39, 0.29) is 29.1 Å². The van der Waals surface area contributed by atoms with Crippen LogP contribution in [0.2, 0.25) is 0 Å². The topological polar surface area (TPSA) is 130 Å².